The monoisotopic (exact) mass is 258 g/mol. The Hall–Kier alpha value is -0.340. The largest absolute Gasteiger partial charge is 0.497 e. The summed E-state index contributed by atoms with van der Waals surface area (Å²) in [6.45, 7) is 0. The molecule has 0 spiro atoms. The first-order chi connectivity index (χ1) is 7.80. The summed E-state index contributed by atoms with van der Waals surface area (Å²) in [6.07, 6.45) is 4.36. The summed E-state index contributed by atoms with van der Waals surface area (Å²) in [5.41, 5.74) is 1.31. The van der Waals surface area contributed by atoms with Crippen LogP contribution in [0, 0.1) is 5.92 Å². The summed E-state index contributed by atoms with van der Waals surface area (Å²) in [6, 6.07) is 8.24. The molecule has 1 atom stereocenters. The highest BCUT2D eigenvalue weighted by Crippen LogP contribution is 2.19. The van der Waals surface area contributed by atoms with Gasteiger partial charge in [0, 0.05) is 5.88 Å². The first-order valence-corrected chi connectivity index (χ1v) is 7.40. The molecule has 0 radical (unpaired) electrons. The zero-order valence-electron chi connectivity index (χ0n) is 9.91. The topological polar surface area (TPSA) is 9.23 Å². The second-order valence-electron chi connectivity index (χ2n) is 3.86. The predicted molar refractivity (Wildman–Crippen MR) is 73.9 cm³/mol. The molecule has 0 bridgehead atoms. The Morgan fingerprint density at radius 3 is 2.88 bits per heavy atom. The lowest BCUT2D eigenvalue weighted by atomic mass is 9.98. The number of alkyl halides is 1. The Morgan fingerprint density at radius 1 is 1.44 bits per heavy atom. The van der Waals surface area contributed by atoms with Gasteiger partial charge in [-0.25, -0.2) is 0 Å². The summed E-state index contributed by atoms with van der Waals surface area (Å²) >= 11 is 7.87. The Labute approximate surface area is 108 Å². The standard InChI is InChI=1S/C13H19ClOS/c1-15-13-5-3-4-11(9-13)8-12(10-14)6-7-16-2/h3-5,9,12H,6-8,10H2,1-2H3. The van der Waals surface area contributed by atoms with E-state index < -0.39 is 0 Å². The van der Waals surface area contributed by atoms with Crippen molar-refractivity contribution in [2.24, 2.45) is 5.92 Å². The third-order valence-electron chi connectivity index (χ3n) is 2.61. The molecule has 0 fully saturated rings. The molecule has 1 nitrogen and oxygen atoms in total. The van der Waals surface area contributed by atoms with E-state index in [1.807, 2.05) is 23.9 Å². The van der Waals surface area contributed by atoms with Gasteiger partial charge >= 0.3 is 0 Å². The quantitative estimate of drug-likeness (QED) is 0.687. The number of benzene rings is 1. The number of rotatable bonds is 7. The smallest absolute Gasteiger partial charge is 0.119 e. The van der Waals surface area contributed by atoms with E-state index in [0.717, 1.165) is 18.1 Å². The van der Waals surface area contributed by atoms with Gasteiger partial charge in [-0.2, -0.15) is 11.8 Å². The van der Waals surface area contributed by atoms with Crippen molar-refractivity contribution in [2.45, 2.75) is 12.8 Å². The molecule has 1 unspecified atom stereocenters. The molecule has 0 aliphatic rings. The van der Waals surface area contributed by atoms with E-state index in [1.165, 1.54) is 17.7 Å². The zero-order valence-corrected chi connectivity index (χ0v) is 11.5. The molecule has 16 heavy (non-hydrogen) atoms. The molecule has 0 aliphatic carbocycles. The number of hydrogen-bond donors (Lipinski definition) is 0. The van der Waals surface area contributed by atoms with Crippen molar-refractivity contribution >= 4 is 23.4 Å². The van der Waals surface area contributed by atoms with Gasteiger partial charge in [0.25, 0.3) is 0 Å². The van der Waals surface area contributed by atoms with Crippen LogP contribution in [0.3, 0.4) is 0 Å². The summed E-state index contributed by atoms with van der Waals surface area (Å²) in [5, 5.41) is 0. The maximum Gasteiger partial charge on any atom is 0.119 e. The lowest BCUT2D eigenvalue weighted by molar-refractivity contribution is 0.413. The fourth-order valence-corrected chi connectivity index (χ4v) is 2.48. The fourth-order valence-electron chi connectivity index (χ4n) is 1.65. The van der Waals surface area contributed by atoms with Crippen LogP contribution in [0.15, 0.2) is 24.3 Å². The molecule has 0 heterocycles. The van der Waals surface area contributed by atoms with Gasteiger partial charge in [-0.15, -0.1) is 11.6 Å². The van der Waals surface area contributed by atoms with Gasteiger partial charge in [0.2, 0.25) is 0 Å². The Morgan fingerprint density at radius 2 is 2.25 bits per heavy atom. The lowest BCUT2D eigenvalue weighted by Gasteiger charge is -2.13. The van der Waals surface area contributed by atoms with Gasteiger partial charge in [-0.3, -0.25) is 0 Å². The molecule has 0 N–H and O–H groups in total. The van der Waals surface area contributed by atoms with Gasteiger partial charge in [-0.1, -0.05) is 12.1 Å². The highest BCUT2D eigenvalue weighted by Gasteiger charge is 2.08. The molecule has 3 heteroatoms. The molecule has 0 amide bonds. The fraction of sp³-hybridized carbons (Fsp3) is 0.538. The molecule has 1 aromatic rings. The molecule has 90 valence electrons. The third-order valence-corrected chi connectivity index (χ3v) is 3.69. The Kier molecular flexibility index (Phi) is 6.74. The van der Waals surface area contributed by atoms with Gasteiger partial charge < -0.3 is 4.74 Å². The van der Waals surface area contributed by atoms with Crippen LogP contribution in [0.2, 0.25) is 0 Å². The summed E-state index contributed by atoms with van der Waals surface area (Å²) in [5.74, 6) is 3.41. The molecule has 1 rings (SSSR count). The normalized spacial score (nSPS) is 12.4. The van der Waals surface area contributed by atoms with Crippen LogP contribution >= 0.6 is 23.4 Å². The molecule has 1 aromatic carbocycles. The average molecular weight is 259 g/mol. The Balaban J connectivity index is 2.55. The van der Waals surface area contributed by atoms with E-state index in [4.69, 9.17) is 16.3 Å². The van der Waals surface area contributed by atoms with Crippen molar-refractivity contribution in [3.63, 3.8) is 0 Å². The summed E-state index contributed by atoms with van der Waals surface area (Å²) < 4.78 is 5.21. The van der Waals surface area contributed by atoms with E-state index in [9.17, 15) is 0 Å². The van der Waals surface area contributed by atoms with Crippen LogP contribution in [0.1, 0.15) is 12.0 Å². The minimum absolute atomic E-state index is 0.571. The minimum Gasteiger partial charge on any atom is -0.497 e. The van der Waals surface area contributed by atoms with Crippen molar-refractivity contribution < 1.29 is 4.74 Å². The first-order valence-electron chi connectivity index (χ1n) is 5.48. The van der Waals surface area contributed by atoms with Crippen LogP contribution in [-0.4, -0.2) is 25.0 Å². The number of methoxy groups -OCH3 is 1. The van der Waals surface area contributed by atoms with Gasteiger partial charge in [0.1, 0.15) is 5.75 Å². The minimum atomic E-state index is 0.571. The van der Waals surface area contributed by atoms with Crippen molar-refractivity contribution in [3.05, 3.63) is 29.8 Å². The lowest BCUT2D eigenvalue weighted by Crippen LogP contribution is -2.07. The average Bonchev–Trinajstić information content (AvgIpc) is 2.34. The molecule has 0 saturated carbocycles. The van der Waals surface area contributed by atoms with E-state index in [-0.39, 0.29) is 0 Å². The Bertz CT molecular complexity index is 304. The number of thioether (sulfide) groups is 1. The van der Waals surface area contributed by atoms with E-state index in [0.29, 0.717) is 5.92 Å². The molecular weight excluding hydrogens is 240 g/mol. The summed E-state index contributed by atoms with van der Waals surface area (Å²) in [7, 11) is 1.70. The van der Waals surface area contributed by atoms with E-state index >= 15 is 0 Å². The molecular formula is C13H19ClOS. The highest BCUT2D eigenvalue weighted by atomic mass is 35.5. The van der Waals surface area contributed by atoms with Crippen molar-refractivity contribution in [1.82, 2.24) is 0 Å². The maximum absolute atomic E-state index is 5.99. The summed E-state index contributed by atoms with van der Waals surface area (Å²) in [4.78, 5) is 0. The maximum atomic E-state index is 5.99. The molecule has 0 aromatic heterocycles. The number of halogens is 1. The van der Waals surface area contributed by atoms with Crippen molar-refractivity contribution in [1.29, 1.82) is 0 Å². The van der Waals surface area contributed by atoms with Crippen molar-refractivity contribution in [3.8, 4) is 5.75 Å². The first kappa shape index (κ1) is 13.7. The molecule has 0 aliphatic heterocycles. The van der Waals surface area contributed by atoms with Gasteiger partial charge in [0.05, 0.1) is 7.11 Å². The van der Waals surface area contributed by atoms with Gasteiger partial charge in [-0.05, 0) is 48.5 Å². The highest BCUT2D eigenvalue weighted by molar-refractivity contribution is 7.98. The van der Waals surface area contributed by atoms with Crippen LogP contribution in [0.5, 0.6) is 5.75 Å². The zero-order chi connectivity index (χ0) is 11.8. The predicted octanol–water partition coefficient (Wildman–Crippen LogP) is 3.85. The van der Waals surface area contributed by atoms with Crippen LogP contribution in [0.4, 0.5) is 0 Å². The number of ether oxygens (including phenoxy) is 1. The van der Waals surface area contributed by atoms with Crippen LogP contribution in [-0.2, 0) is 6.42 Å². The second kappa shape index (κ2) is 7.86. The van der Waals surface area contributed by atoms with Crippen LogP contribution < -0.4 is 4.74 Å². The second-order valence-corrected chi connectivity index (χ2v) is 5.15. The van der Waals surface area contributed by atoms with E-state index in [2.05, 4.69) is 18.4 Å². The molecule has 0 saturated heterocycles. The van der Waals surface area contributed by atoms with Crippen molar-refractivity contribution in [2.75, 3.05) is 25.0 Å². The number of hydrogen-bond acceptors (Lipinski definition) is 2. The third kappa shape index (κ3) is 4.67. The van der Waals surface area contributed by atoms with Crippen LogP contribution in [0.25, 0.3) is 0 Å². The van der Waals surface area contributed by atoms with E-state index in [1.54, 1.807) is 7.11 Å². The van der Waals surface area contributed by atoms with Gasteiger partial charge in [0.15, 0.2) is 0 Å². The SMILES string of the molecule is COc1cccc(CC(CCl)CCSC)c1.